The van der Waals surface area contributed by atoms with Crippen LogP contribution in [0.4, 0.5) is 4.39 Å². The third-order valence-corrected chi connectivity index (χ3v) is 4.48. The molecule has 0 aliphatic carbocycles. The van der Waals surface area contributed by atoms with E-state index in [1.807, 2.05) is 0 Å². The number of likely N-dealkylation sites (tertiary alicyclic amines) is 1. The lowest BCUT2D eigenvalue weighted by Gasteiger charge is -2.19. The SMILES string of the molecule is CC(=O)NC1CO[C@H]2CN(Cc3ccc(F)cc3Cl)C[C@@H]2OC1. The van der Waals surface area contributed by atoms with Crippen LogP contribution in [0, 0.1) is 5.82 Å². The van der Waals surface area contributed by atoms with E-state index in [1.54, 1.807) is 6.07 Å². The molecule has 2 aliphatic heterocycles. The van der Waals surface area contributed by atoms with E-state index in [-0.39, 0.29) is 30.0 Å². The Kier molecular flexibility index (Phi) is 5.16. The van der Waals surface area contributed by atoms with Gasteiger partial charge >= 0.3 is 0 Å². The van der Waals surface area contributed by atoms with E-state index in [0.717, 1.165) is 18.7 Å². The number of carbonyl (C=O) groups is 1. The summed E-state index contributed by atoms with van der Waals surface area (Å²) in [5.74, 6) is -0.414. The second-order valence-electron chi connectivity index (χ2n) is 6.07. The van der Waals surface area contributed by atoms with Crippen LogP contribution < -0.4 is 5.32 Å². The van der Waals surface area contributed by atoms with Crippen molar-refractivity contribution in [2.75, 3.05) is 26.3 Å². The molecule has 0 unspecified atom stereocenters. The van der Waals surface area contributed by atoms with E-state index in [1.165, 1.54) is 19.1 Å². The lowest BCUT2D eigenvalue weighted by atomic mass is 10.2. The van der Waals surface area contributed by atoms with Crippen LogP contribution in [-0.2, 0) is 20.8 Å². The topological polar surface area (TPSA) is 50.8 Å². The van der Waals surface area contributed by atoms with Gasteiger partial charge in [-0.25, -0.2) is 4.39 Å². The second kappa shape index (κ2) is 7.13. The fourth-order valence-corrected chi connectivity index (χ4v) is 3.28. The standard InChI is InChI=1S/C16H20ClFN2O3/c1-10(21)19-13-8-22-15-6-20(7-16(15)23-9-13)5-11-2-3-12(18)4-14(11)17/h2-4,13,15-16H,5-9H2,1H3,(H,19,21)/t15-,16-/m0/s1. The highest BCUT2D eigenvalue weighted by Gasteiger charge is 2.37. The number of rotatable bonds is 3. The van der Waals surface area contributed by atoms with Crippen LogP contribution in [0.3, 0.4) is 0 Å². The van der Waals surface area contributed by atoms with Gasteiger partial charge in [0.1, 0.15) is 5.82 Å². The van der Waals surface area contributed by atoms with Gasteiger partial charge in [-0.15, -0.1) is 0 Å². The van der Waals surface area contributed by atoms with Crippen LogP contribution >= 0.6 is 11.6 Å². The molecular formula is C16H20ClFN2O3. The fourth-order valence-electron chi connectivity index (χ4n) is 3.06. The van der Waals surface area contributed by atoms with E-state index in [9.17, 15) is 9.18 Å². The van der Waals surface area contributed by atoms with Gasteiger partial charge in [-0.1, -0.05) is 17.7 Å². The predicted molar refractivity (Wildman–Crippen MR) is 83.8 cm³/mol. The maximum absolute atomic E-state index is 13.1. The highest BCUT2D eigenvalue weighted by molar-refractivity contribution is 6.31. The Morgan fingerprint density at radius 1 is 1.35 bits per heavy atom. The highest BCUT2D eigenvalue weighted by Crippen LogP contribution is 2.25. The number of nitrogens with zero attached hydrogens (tertiary/aromatic N) is 1. The maximum atomic E-state index is 13.1. The van der Waals surface area contributed by atoms with Gasteiger partial charge in [-0.3, -0.25) is 9.69 Å². The first-order valence-corrected chi connectivity index (χ1v) is 8.05. The molecule has 2 saturated heterocycles. The molecule has 5 nitrogen and oxygen atoms in total. The Hall–Kier alpha value is -1.21. The van der Waals surface area contributed by atoms with Crippen molar-refractivity contribution in [3.05, 3.63) is 34.6 Å². The van der Waals surface area contributed by atoms with Crippen molar-refractivity contribution in [3.8, 4) is 0 Å². The van der Waals surface area contributed by atoms with Crippen molar-refractivity contribution in [3.63, 3.8) is 0 Å². The van der Waals surface area contributed by atoms with Crippen LogP contribution in [0.15, 0.2) is 18.2 Å². The van der Waals surface area contributed by atoms with Crippen molar-refractivity contribution in [1.82, 2.24) is 10.2 Å². The molecule has 1 amide bonds. The van der Waals surface area contributed by atoms with E-state index >= 15 is 0 Å². The van der Waals surface area contributed by atoms with Crippen molar-refractivity contribution in [1.29, 1.82) is 0 Å². The van der Waals surface area contributed by atoms with E-state index in [4.69, 9.17) is 21.1 Å². The number of hydrogen-bond donors (Lipinski definition) is 1. The number of fused-ring (bicyclic) bond motifs is 1. The molecule has 1 N–H and O–H groups in total. The molecule has 2 atom stereocenters. The first kappa shape index (κ1) is 16.6. The quantitative estimate of drug-likeness (QED) is 0.906. The minimum Gasteiger partial charge on any atom is -0.372 e. The summed E-state index contributed by atoms with van der Waals surface area (Å²) in [7, 11) is 0. The monoisotopic (exact) mass is 342 g/mol. The first-order valence-electron chi connectivity index (χ1n) is 7.68. The maximum Gasteiger partial charge on any atom is 0.217 e. The Morgan fingerprint density at radius 2 is 2.00 bits per heavy atom. The summed E-state index contributed by atoms with van der Waals surface area (Å²) < 4.78 is 24.9. The summed E-state index contributed by atoms with van der Waals surface area (Å²) in [6.07, 6.45) is -0.0408. The third kappa shape index (κ3) is 4.20. The number of amides is 1. The largest absolute Gasteiger partial charge is 0.372 e. The first-order chi connectivity index (χ1) is 11.0. The zero-order valence-electron chi connectivity index (χ0n) is 12.9. The van der Waals surface area contributed by atoms with Gasteiger partial charge in [-0.2, -0.15) is 0 Å². The third-order valence-electron chi connectivity index (χ3n) is 4.13. The molecule has 2 aliphatic rings. The Morgan fingerprint density at radius 3 is 2.57 bits per heavy atom. The van der Waals surface area contributed by atoms with Crippen molar-refractivity contribution < 1.29 is 18.7 Å². The Balaban J connectivity index is 1.56. The average Bonchev–Trinajstić information content (AvgIpc) is 2.77. The predicted octanol–water partition coefficient (Wildman–Crippen LogP) is 1.58. The Labute approximate surface area is 139 Å². The minimum atomic E-state index is -0.332. The smallest absolute Gasteiger partial charge is 0.217 e. The molecule has 0 bridgehead atoms. The molecule has 2 heterocycles. The molecule has 3 rings (SSSR count). The number of halogens is 2. The summed E-state index contributed by atoms with van der Waals surface area (Å²) in [5, 5.41) is 3.25. The zero-order chi connectivity index (χ0) is 16.4. The van der Waals surface area contributed by atoms with Crippen molar-refractivity contribution in [2.24, 2.45) is 0 Å². The van der Waals surface area contributed by atoms with E-state index in [0.29, 0.717) is 24.8 Å². The summed E-state index contributed by atoms with van der Waals surface area (Å²) in [4.78, 5) is 13.3. The molecule has 0 aromatic heterocycles. The number of nitrogens with one attached hydrogen (secondary N) is 1. The van der Waals surface area contributed by atoms with Crippen LogP contribution in [0.25, 0.3) is 0 Å². The fraction of sp³-hybridized carbons (Fsp3) is 0.562. The average molecular weight is 343 g/mol. The molecule has 1 aromatic carbocycles. The summed E-state index contributed by atoms with van der Waals surface area (Å²) in [6.45, 7) is 4.47. The van der Waals surface area contributed by atoms with Crippen LogP contribution in [0.1, 0.15) is 12.5 Å². The molecule has 23 heavy (non-hydrogen) atoms. The highest BCUT2D eigenvalue weighted by atomic mass is 35.5. The molecule has 0 spiro atoms. The second-order valence-corrected chi connectivity index (χ2v) is 6.48. The number of benzene rings is 1. The van der Waals surface area contributed by atoms with E-state index in [2.05, 4.69) is 10.2 Å². The molecule has 126 valence electrons. The number of ether oxygens (including phenoxy) is 2. The molecule has 1 aromatic rings. The molecule has 0 saturated carbocycles. The summed E-state index contributed by atoms with van der Waals surface area (Å²) in [5.41, 5.74) is 0.889. The molecule has 7 heteroatoms. The van der Waals surface area contributed by atoms with Gasteiger partial charge in [0.05, 0.1) is 31.5 Å². The normalized spacial score (nSPS) is 25.9. The lowest BCUT2D eigenvalue weighted by molar-refractivity contribution is -0.120. The van der Waals surface area contributed by atoms with Crippen LogP contribution in [0.5, 0.6) is 0 Å². The van der Waals surface area contributed by atoms with Gasteiger partial charge in [0.15, 0.2) is 0 Å². The molecule has 0 radical (unpaired) electrons. The Bertz CT molecular complexity index is 570. The lowest BCUT2D eigenvalue weighted by Crippen LogP contribution is -2.40. The summed E-state index contributed by atoms with van der Waals surface area (Å²) >= 11 is 6.09. The van der Waals surface area contributed by atoms with Gasteiger partial charge in [0.25, 0.3) is 0 Å². The van der Waals surface area contributed by atoms with Gasteiger partial charge in [-0.05, 0) is 17.7 Å². The number of carbonyl (C=O) groups excluding carboxylic acids is 1. The molecule has 2 fully saturated rings. The molecular weight excluding hydrogens is 323 g/mol. The van der Waals surface area contributed by atoms with Gasteiger partial charge < -0.3 is 14.8 Å². The van der Waals surface area contributed by atoms with Crippen LogP contribution in [-0.4, -0.2) is 55.4 Å². The summed E-state index contributed by atoms with van der Waals surface area (Å²) in [6, 6.07) is 4.36. The van der Waals surface area contributed by atoms with E-state index < -0.39 is 0 Å². The van der Waals surface area contributed by atoms with Gasteiger partial charge in [0.2, 0.25) is 5.91 Å². The number of hydrogen-bond acceptors (Lipinski definition) is 4. The van der Waals surface area contributed by atoms with Gasteiger partial charge in [0, 0.05) is 31.6 Å². The van der Waals surface area contributed by atoms with Crippen LogP contribution in [0.2, 0.25) is 5.02 Å². The van der Waals surface area contributed by atoms with Crippen molar-refractivity contribution >= 4 is 17.5 Å². The van der Waals surface area contributed by atoms with Crippen molar-refractivity contribution in [2.45, 2.75) is 31.7 Å². The minimum absolute atomic E-state index is 0.0204. The zero-order valence-corrected chi connectivity index (χ0v) is 13.7.